The minimum atomic E-state index is 1.01. The molecule has 2 aromatic heterocycles. The summed E-state index contributed by atoms with van der Waals surface area (Å²) in [4.78, 5) is 0. The van der Waals surface area contributed by atoms with Crippen LogP contribution in [0.5, 0.6) is 0 Å². The Morgan fingerprint density at radius 2 is 0.846 bits per heavy atom. The number of hydrogen-bond donors (Lipinski definition) is 0. The molecule has 0 aliphatic heterocycles. The molecule has 8 aromatic rings. The Hall–Kier alpha value is -4.24. The molecular formula is C37H22S2. The SMILES string of the molecule is c1ccc2c(c1)sc1c(-c3ccc4c(c3)-c3cc(-c5cccc6c5sc5ccccc56)ccc3C4)cccc12. The van der Waals surface area contributed by atoms with E-state index in [4.69, 9.17) is 0 Å². The van der Waals surface area contributed by atoms with Crippen molar-refractivity contribution in [1.82, 2.24) is 0 Å². The molecule has 1 aliphatic carbocycles. The molecule has 2 heteroatoms. The van der Waals surface area contributed by atoms with E-state index in [-0.39, 0.29) is 0 Å². The van der Waals surface area contributed by atoms with Gasteiger partial charge in [0.15, 0.2) is 0 Å². The molecular weight excluding hydrogens is 509 g/mol. The van der Waals surface area contributed by atoms with E-state index < -0.39 is 0 Å². The lowest BCUT2D eigenvalue weighted by molar-refractivity contribution is 1.26. The van der Waals surface area contributed by atoms with Crippen LogP contribution in [-0.2, 0) is 6.42 Å². The summed E-state index contributed by atoms with van der Waals surface area (Å²) in [5.74, 6) is 0. The second-order valence-electron chi connectivity index (χ2n) is 10.5. The van der Waals surface area contributed by atoms with Crippen molar-refractivity contribution in [1.29, 1.82) is 0 Å². The summed E-state index contributed by atoms with van der Waals surface area (Å²) in [7, 11) is 0. The van der Waals surface area contributed by atoms with Gasteiger partial charge < -0.3 is 0 Å². The minimum absolute atomic E-state index is 1.01. The average molecular weight is 531 g/mol. The Morgan fingerprint density at radius 1 is 0.385 bits per heavy atom. The maximum atomic E-state index is 2.43. The zero-order chi connectivity index (χ0) is 25.5. The fourth-order valence-corrected chi connectivity index (χ4v) is 8.93. The first kappa shape index (κ1) is 21.7. The van der Waals surface area contributed by atoms with E-state index in [2.05, 4.69) is 121 Å². The average Bonchev–Trinajstić information content (AvgIpc) is 3.67. The van der Waals surface area contributed by atoms with Crippen LogP contribution in [0, 0.1) is 0 Å². The monoisotopic (exact) mass is 530 g/mol. The Bertz CT molecular complexity index is 2100. The summed E-state index contributed by atoms with van der Waals surface area (Å²) < 4.78 is 5.46. The van der Waals surface area contributed by atoms with E-state index in [9.17, 15) is 0 Å². The van der Waals surface area contributed by atoms with Crippen LogP contribution in [-0.4, -0.2) is 0 Å². The van der Waals surface area contributed by atoms with Crippen molar-refractivity contribution < 1.29 is 0 Å². The third-order valence-corrected chi connectivity index (χ3v) is 10.8. The van der Waals surface area contributed by atoms with E-state index in [1.54, 1.807) is 0 Å². The molecule has 0 saturated carbocycles. The van der Waals surface area contributed by atoms with Gasteiger partial charge in [-0.1, -0.05) is 97.1 Å². The highest BCUT2D eigenvalue weighted by Crippen LogP contribution is 2.46. The zero-order valence-corrected chi connectivity index (χ0v) is 22.7. The largest absolute Gasteiger partial charge is 0.135 e. The molecule has 0 amide bonds. The molecule has 39 heavy (non-hydrogen) atoms. The lowest BCUT2D eigenvalue weighted by Gasteiger charge is -2.10. The van der Waals surface area contributed by atoms with Crippen molar-refractivity contribution in [3.8, 4) is 33.4 Å². The molecule has 0 atom stereocenters. The number of fused-ring (bicyclic) bond motifs is 9. The Morgan fingerprint density at radius 3 is 1.36 bits per heavy atom. The van der Waals surface area contributed by atoms with Crippen molar-refractivity contribution in [2.24, 2.45) is 0 Å². The van der Waals surface area contributed by atoms with Gasteiger partial charge >= 0.3 is 0 Å². The van der Waals surface area contributed by atoms with Gasteiger partial charge in [-0.25, -0.2) is 0 Å². The van der Waals surface area contributed by atoms with Gasteiger partial charge in [0.05, 0.1) is 0 Å². The second kappa shape index (κ2) is 8.13. The van der Waals surface area contributed by atoms with Gasteiger partial charge in [-0.15, -0.1) is 22.7 Å². The summed E-state index contributed by atoms with van der Waals surface area (Å²) in [5.41, 5.74) is 10.9. The highest BCUT2D eigenvalue weighted by atomic mass is 32.1. The summed E-state index contributed by atoms with van der Waals surface area (Å²) in [6.07, 6.45) is 1.01. The molecule has 2 heterocycles. The first-order valence-corrected chi connectivity index (χ1v) is 15.0. The molecule has 1 aliphatic rings. The number of rotatable bonds is 2. The molecule has 0 nitrogen and oxygen atoms in total. The molecule has 6 aromatic carbocycles. The van der Waals surface area contributed by atoms with E-state index in [1.165, 1.54) is 84.9 Å². The van der Waals surface area contributed by atoms with Crippen molar-refractivity contribution in [3.05, 3.63) is 132 Å². The number of hydrogen-bond acceptors (Lipinski definition) is 2. The molecule has 0 radical (unpaired) electrons. The molecule has 0 unspecified atom stereocenters. The predicted molar refractivity (Wildman–Crippen MR) is 171 cm³/mol. The van der Waals surface area contributed by atoms with Crippen LogP contribution in [0.3, 0.4) is 0 Å². The van der Waals surface area contributed by atoms with Gasteiger partial charge in [-0.3, -0.25) is 0 Å². The first-order valence-electron chi connectivity index (χ1n) is 13.4. The van der Waals surface area contributed by atoms with Gasteiger partial charge in [-0.2, -0.15) is 0 Å². The summed E-state index contributed by atoms with van der Waals surface area (Å²) in [6.45, 7) is 0. The molecule has 0 spiro atoms. The Labute approximate surface area is 234 Å². The molecule has 0 saturated heterocycles. The van der Waals surface area contributed by atoms with Gasteiger partial charge in [0.1, 0.15) is 0 Å². The van der Waals surface area contributed by atoms with Crippen LogP contribution in [0.2, 0.25) is 0 Å². The predicted octanol–water partition coefficient (Wildman–Crippen LogP) is 11.3. The Kier molecular flexibility index (Phi) is 4.52. The fraction of sp³-hybridized carbons (Fsp3) is 0.0270. The normalized spacial score (nSPS) is 12.5. The quantitative estimate of drug-likeness (QED) is 0.208. The fourth-order valence-electron chi connectivity index (χ4n) is 6.45. The minimum Gasteiger partial charge on any atom is -0.135 e. The summed E-state index contributed by atoms with van der Waals surface area (Å²) in [5, 5.41) is 5.41. The Balaban J connectivity index is 1.21. The van der Waals surface area contributed by atoms with Crippen LogP contribution in [0.1, 0.15) is 11.1 Å². The lowest BCUT2D eigenvalue weighted by atomic mass is 9.95. The van der Waals surface area contributed by atoms with E-state index in [0.29, 0.717) is 0 Å². The maximum absolute atomic E-state index is 2.43. The highest BCUT2D eigenvalue weighted by molar-refractivity contribution is 7.26. The van der Waals surface area contributed by atoms with Gasteiger partial charge in [-0.05, 0) is 75.2 Å². The molecule has 0 N–H and O–H groups in total. The summed E-state index contributed by atoms with van der Waals surface area (Å²) in [6, 6.07) is 45.3. The van der Waals surface area contributed by atoms with Crippen molar-refractivity contribution in [2.45, 2.75) is 6.42 Å². The van der Waals surface area contributed by atoms with Gasteiger partial charge in [0, 0.05) is 40.3 Å². The topological polar surface area (TPSA) is 0 Å². The standard InChI is InChI=1S/C37H22S2/c1-3-13-34-28(7-1)30-11-5-9-26(36(30)38-34)24-17-15-22-19-23-16-18-25(21-33(23)32(22)20-24)27-10-6-12-31-29-8-2-4-14-35(29)39-37(27)31/h1-18,20-21H,19H2. The molecule has 182 valence electrons. The van der Waals surface area contributed by atoms with Gasteiger partial charge in [0.2, 0.25) is 0 Å². The van der Waals surface area contributed by atoms with Crippen molar-refractivity contribution in [3.63, 3.8) is 0 Å². The van der Waals surface area contributed by atoms with Crippen LogP contribution in [0.15, 0.2) is 121 Å². The van der Waals surface area contributed by atoms with Gasteiger partial charge in [0.25, 0.3) is 0 Å². The summed E-state index contributed by atoms with van der Waals surface area (Å²) >= 11 is 3.81. The number of thiophene rings is 2. The van der Waals surface area contributed by atoms with Crippen LogP contribution in [0.4, 0.5) is 0 Å². The molecule has 0 bridgehead atoms. The third kappa shape index (κ3) is 3.16. The van der Waals surface area contributed by atoms with E-state index >= 15 is 0 Å². The highest BCUT2D eigenvalue weighted by Gasteiger charge is 2.21. The molecule has 9 rings (SSSR count). The smallest absolute Gasteiger partial charge is 0.0433 e. The van der Waals surface area contributed by atoms with E-state index in [0.717, 1.165) is 6.42 Å². The zero-order valence-electron chi connectivity index (χ0n) is 21.1. The number of benzene rings is 6. The van der Waals surface area contributed by atoms with E-state index in [1.807, 2.05) is 22.7 Å². The van der Waals surface area contributed by atoms with Crippen molar-refractivity contribution >= 4 is 63.0 Å². The lowest BCUT2D eigenvalue weighted by Crippen LogP contribution is -1.84. The second-order valence-corrected chi connectivity index (χ2v) is 12.6. The van der Waals surface area contributed by atoms with Crippen molar-refractivity contribution in [2.75, 3.05) is 0 Å². The molecule has 0 fully saturated rings. The first-order chi connectivity index (χ1) is 19.3. The van der Waals surface area contributed by atoms with Crippen LogP contribution < -0.4 is 0 Å². The maximum Gasteiger partial charge on any atom is 0.0433 e. The third-order valence-electron chi connectivity index (χ3n) is 8.32. The van der Waals surface area contributed by atoms with Crippen LogP contribution >= 0.6 is 22.7 Å². The van der Waals surface area contributed by atoms with Crippen LogP contribution in [0.25, 0.3) is 73.7 Å².